The van der Waals surface area contributed by atoms with Crippen LogP contribution in [0.15, 0.2) is 22.7 Å². The predicted octanol–water partition coefficient (Wildman–Crippen LogP) is 3.37. The van der Waals surface area contributed by atoms with E-state index < -0.39 is 0 Å². The first-order valence-electron chi connectivity index (χ1n) is 5.53. The predicted molar refractivity (Wildman–Crippen MR) is 70.0 cm³/mol. The summed E-state index contributed by atoms with van der Waals surface area (Å²) in [5, 5.41) is 8.81. The van der Waals surface area contributed by atoms with Gasteiger partial charge in [0.1, 0.15) is 12.4 Å². The maximum atomic E-state index is 8.81. The lowest BCUT2D eigenvalue weighted by atomic mass is 10.2. The second-order valence-electron chi connectivity index (χ2n) is 4.10. The maximum Gasteiger partial charge on any atom is 0.121 e. The van der Waals surface area contributed by atoms with Gasteiger partial charge in [0.15, 0.2) is 0 Å². The van der Waals surface area contributed by atoms with E-state index >= 15 is 0 Å². The zero-order valence-electron chi connectivity index (χ0n) is 10.1. The second kappa shape index (κ2) is 7.31. The lowest BCUT2D eigenvalue weighted by molar-refractivity contribution is 0.0819. The third-order valence-corrected chi connectivity index (χ3v) is 2.41. The highest BCUT2D eigenvalue weighted by atomic mass is 79.9. The van der Waals surface area contributed by atoms with Crippen LogP contribution in [0.1, 0.15) is 19.4 Å². The highest BCUT2D eigenvalue weighted by molar-refractivity contribution is 9.10. The van der Waals surface area contributed by atoms with Crippen LogP contribution in [0.4, 0.5) is 0 Å². The molecule has 0 unspecified atom stereocenters. The summed E-state index contributed by atoms with van der Waals surface area (Å²) < 4.78 is 11.7. The summed E-state index contributed by atoms with van der Waals surface area (Å²) in [6, 6.07) is 7.39. The van der Waals surface area contributed by atoms with Crippen LogP contribution in [0, 0.1) is 17.2 Å². The van der Waals surface area contributed by atoms with Crippen molar-refractivity contribution in [2.75, 3.05) is 19.8 Å². The summed E-state index contributed by atoms with van der Waals surface area (Å²) in [7, 11) is 0. The smallest absolute Gasteiger partial charge is 0.121 e. The topological polar surface area (TPSA) is 42.2 Å². The average Bonchev–Trinajstić information content (AvgIpc) is 2.27. The molecule has 92 valence electrons. The first-order chi connectivity index (χ1) is 8.11. The fourth-order valence-electron chi connectivity index (χ4n) is 1.25. The number of rotatable bonds is 6. The SMILES string of the molecule is CC(C)COCCOc1cc(Br)cc(C#N)c1. The standard InChI is InChI=1S/C13H16BrNO2/c1-10(2)9-16-3-4-17-13-6-11(8-15)5-12(14)7-13/h5-7,10H,3-4,9H2,1-2H3. The van der Waals surface area contributed by atoms with Gasteiger partial charge in [0.05, 0.1) is 18.2 Å². The van der Waals surface area contributed by atoms with Crippen molar-refractivity contribution in [1.82, 2.24) is 0 Å². The van der Waals surface area contributed by atoms with Crippen molar-refractivity contribution in [1.29, 1.82) is 5.26 Å². The van der Waals surface area contributed by atoms with E-state index in [4.69, 9.17) is 14.7 Å². The minimum absolute atomic E-state index is 0.494. The molecule has 1 aromatic rings. The van der Waals surface area contributed by atoms with Crippen LogP contribution >= 0.6 is 15.9 Å². The van der Waals surface area contributed by atoms with Crippen LogP contribution in [-0.2, 0) is 4.74 Å². The normalized spacial score (nSPS) is 10.3. The van der Waals surface area contributed by atoms with E-state index in [0.717, 1.165) is 11.1 Å². The van der Waals surface area contributed by atoms with E-state index in [9.17, 15) is 0 Å². The molecule has 0 spiro atoms. The van der Waals surface area contributed by atoms with Gasteiger partial charge in [-0.25, -0.2) is 0 Å². The Hall–Kier alpha value is -1.05. The van der Waals surface area contributed by atoms with Gasteiger partial charge in [-0.1, -0.05) is 29.8 Å². The molecule has 3 nitrogen and oxygen atoms in total. The second-order valence-corrected chi connectivity index (χ2v) is 5.02. The van der Waals surface area contributed by atoms with Crippen molar-refractivity contribution in [3.8, 4) is 11.8 Å². The summed E-state index contributed by atoms with van der Waals surface area (Å²) in [5.74, 6) is 1.22. The Morgan fingerprint density at radius 1 is 1.29 bits per heavy atom. The van der Waals surface area contributed by atoms with E-state index in [1.165, 1.54) is 0 Å². The maximum absolute atomic E-state index is 8.81. The number of benzene rings is 1. The Morgan fingerprint density at radius 2 is 2.06 bits per heavy atom. The Labute approximate surface area is 110 Å². The number of halogens is 1. The molecule has 0 N–H and O–H groups in total. The van der Waals surface area contributed by atoms with Crippen LogP contribution in [0.2, 0.25) is 0 Å². The number of hydrogen-bond donors (Lipinski definition) is 0. The summed E-state index contributed by atoms with van der Waals surface area (Å²) in [6.45, 7) is 6.01. The van der Waals surface area contributed by atoms with E-state index in [-0.39, 0.29) is 0 Å². The number of nitriles is 1. The minimum atomic E-state index is 0.494. The molecule has 17 heavy (non-hydrogen) atoms. The Morgan fingerprint density at radius 3 is 2.71 bits per heavy atom. The Bertz CT molecular complexity index is 399. The molecule has 0 heterocycles. The Balaban J connectivity index is 2.37. The quantitative estimate of drug-likeness (QED) is 0.756. The molecular formula is C13H16BrNO2. The van der Waals surface area contributed by atoms with Crippen molar-refractivity contribution in [3.63, 3.8) is 0 Å². The van der Waals surface area contributed by atoms with Crippen LogP contribution < -0.4 is 4.74 Å². The first-order valence-corrected chi connectivity index (χ1v) is 6.32. The molecule has 0 aliphatic carbocycles. The van der Waals surface area contributed by atoms with Gasteiger partial charge in [-0.2, -0.15) is 5.26 Å². The lowest BCUT2D eigenvalue weighted by Gasteiger charge is -2.09. The minimum Gasteiger partial charge on any atom is -0.491 e. The van der Waals surface area contributed by atoms with E-state index in [0.29, 0.717) is 30.4 Å². The monoisotopic (exact) mass is 297 g/mol. The van der Waals surface area contributed by atoms with Gasteiger partial charge in [0, 0.05) is 11.1 Å². The van der Waals surface area contributed by atoms with Crippen molar-refractivity contribution >= 4 is 15.9 Å². The zero-order valence-corrected chi connectivity index (χ0v) is 11.7. The van der Waals surface area contributed by atoms with Crippen LogP contribution in [0.5, 0.6) is 5.75 Å². The fourth-order valence-corrected chi connectivity index (χ4v) is 1.72. The molecule has 0 saturated carbocycles. The molecule has 0 fully saturated rings. The van der Waals surface area contributed by atoms with Crippen molar-refractivity contribution in [2.45, 2.75) is 13.8 Å². The molecule has 0 bridgehead atoms. The summed E-state index contributed by atoms with van der Waals surface area (Å²) in [5.41, 5.74) is 0.581. The van der Waals surface area contributed by atoms with Gasteiger partial charge < -0.3 is 9.47 Å². The fraction of sp³-hybridized carbons (Fsp3) is 0.462. The van der Waals surface area contributed by atoms with Gasteiger partial charge in [0.2, 0.25) is 0 Å². The number of nitrogens with zero attached hydrogens (tertiary/aromatic N) is 1. The molecule has 0 atom stereocenters. The molecule has 0 aromatic heterocycles. The molecule has 0 aliphatic heterocycles. The van der Waals surface area contributed by atoms with Gasteiger partial charge >= 0.3 is 0 Å². The van der Waals surface area contributed by atoms with Gasteiger partial charge in [-0.15, -0.1) is 0 Å². The molecule has 0 radical (unpaired) electrons. The first kappa shape index (κ1) is 14.0. The molecule has 0 saturated heterocycles. The van der Waals surface area contributed by atoms with Crippen LogP contribution in [-0.4, -0.2) is 19.8 Å². The van der Waals surface area contributed by atoms with Crippen molar-refractivity contribution in [3.05, 3.63) is 28.2 Å². The molecule has 0 amide bonds. The lowest BCUT2D eigenvalue weighted by Crippen LogP contribution is -2.10. The number of hydrogen-bond acceptors (Lipinski definition) is 3. The van der Waals surface area contributed by atoms with Gasteiger partial charge in [-0.3, -0.25) is 0 Å². The average molecular weight is 298 g/mol. The molecule has 1 aromatic carbocycles. The van der Waals surface area contributed by atoms with E-state index in [1.54, 1.807) is 12.1 Å². The zero-order chi connectivity index (χ0) is 12.7. The van der Waals surface area contributed by atoms with Crippen LogP contribution in [0.3, 0.4) is 0 Å². The Kier molecular flexibility index (Phi) is 6.03. The largest absolute Gasteiger partial charge is 0.491 e. The number of ether oxygens (including phenoxy) is 2. The molecule has 4 heteroatoms. The van der Waals surface area contributed by atoms with Gasteiger partial charge in [0.25, 0.3) is 0 Å². The van der Waals surface area contributed by atoms with Gasteiger partial charge in [-0.05, 0) is 24.1 Å². The third-order valence-electron chi connectivity index (χ3n) is 1.95. The molecule has 1 rings (SSSR count). The summed E-state index contributed by atoms with van der Waals surface area (Å²) >= 11 is 3.33. The third kappa shape index (κ3) is 5.71. The molecule has 0 aliphatic rings. The highest BCUT2D eigenvalue weighted by Gasteiger charge is 2.00. The van der Waals surface area contributed by atoms with E-state index in [2.05, 4.69) is 35.8 Å². The van der Waals surface area contributed by atoms with Crippen molar-refractivity contribution in [2.24, 2.45) is 5.92 Å². The summed E-state index contributed by atoms with van der Waals surface area (Å²) in [4.78, 5) is 0. The van der Waals surface area contributed by atoms with Crippen molar-refractivity contribution < 1.29 is 9.47 Å². The highest BCUT2D eigenvalue weighted by Crippen LogP contribution is 2.20. The van der Waals surface area contributed by atoms with Crippen LogP contribution in [0.25, 0.3) is 0 Å². The van der Waals surface area contributed by atoms with E-state index in [1.807, 2.05) is 6.07 Å². The summed E-state index contributed by atoms with van der Waals surface area (Å²) in [6.07, 6.45) is 0. The molecular weight excluding hydrogens is 282 g/mol.